The lowest BCUT2D eigenvalue weighted by molar-refractivity contribution is 0.0697. The van der Waals surface area contributed by atoms with Crippen LogP contribution in [-0.2, 0) is 22.7 Å². The molecule has 198 valence electrons. The van der Waals surface area contributed by atoms with Crippen LogP contribution < -0.4 is 0 Å². The Morgan fingerprint density at radius 3 is 2.18 bits per heavy atom. The van der Waals surface area contributed by atoms with Crippen LogP contribution in [0.25, 0.3) is 0 Å². The normalized spacial score (nSPS) is 16.6. The van der Waals surface area contributed by atoms with Crippen LogP contribution in [0.5, 0.6) is 0 Å². The average molecular weight is 513 g/mol. The number of hydrogen-bond acceptors (Lipinski definition) is 2. The molecule has 3 nitrogen and oxygen atoms in total. The lowest BCUT2D eigenvalue weighted by atomic mass is 9.60. The minimum Gasteiger partial charge on any atom is -0.478 e. The number of aliphatic hydroxyl groups excluding tert-OH is 1. The first-order valence-electron chi connectivity index (χ1n) is 13.2. The Morgan fingerprint density at radius 1 is 0.974 bits per heavy atom. The maximum Gasteiger partial charge on any atom is 0.335 e. The second kappa shape index (κ2) is 10.0. The molecule has 0 aliphatic heterocycles. The highest BCUT2D eigenvalue weighted by Crippen LogP contribution is 2.49. The van der Waals surface area contributed by atoms with Crippen molar-refractivity contribution in [2.75, 3.05) is 0 Å². The number of halogens is 1. The van der Waals surface area contributed by atoms with Gasteiger partial charge < -0.3 is 10.2 Å². The molecule has 0 spiro atoms. The van der Waals surface area contributed by atoms with Crippen LogP contribution in [0.2, 0.25) is 0 Å². The molecule has 4 rings (SSSR count). The second-order valence-electron chi connectivity index (χ2n) is 12.5. The van der Waals surface area contributed by atoms with E-state index in [2.05, 4.69) is 65.5 Å². The highest BCUT2D eigenvalue weighted by atomic mass is 19.1. The zero-order valence-corrected chi connectivity index (χ0v) is 23.2. The van der Waals surface area contributed by atoms with Gasteiger partial charge in [-0.3, -0.25) is 0 Å². The molecular formula is C34H37FO3. The largest absolute Gasteiger partial charge is 0.478 e. The molecule has 0 saturated carbocycles. The molecule has 38 heavy (non-hydrogen) atoms. The number of aliphatic hydroxyl groups is 1. The van der Waals surface area contributed by atoms with Gasteiger partial charge in [-0.2, -0.15) is 0 Å². The van der Waals surface area contributed by atoms with Gasteiger partial charge in [-0.1, -0.05) is 77.6 Å². The minimum absolute atomic E-state index is 0.0138. The van der Waals surface area contributed by atoms with Crippen molar-refractivity contribution >= 4 is 5.97 Å². The highest BCUT2D eigenvalue weighted by molar-refractivity contribution is 5.87. The Kier molecular flexibility index (Phi) is 7.30. The van der Waals surface area contributed by atoms with Crippen LogP contribution in [0.3, 0.4) is 0 Å². The molecule has 0 heterocycles. The summed E-state index contributed by atoms with van der Waals surface area (Å²) in [6.07, 6.45) is 1.87. The molecule has 3 aromatic rings. The van der Waals surface area contributed by atoms with Gasteiger partial charge >= 0.3 is 5.97 Å². The van der Waals surface area contributed by atoms with Gasteiger partial charge in [-0.15, -0.1) is 0 Å². The van der Waals surface area contributed by atoms with Gasteiger partial charge in [0.15, 0.2) is 0 Å². The third-order valence-corrected chi connectivity index (χ3v) is 8.08. The number of benzene rings is 3. The van der Waals surface area contributed by atoms with Gasteiger partial charge in [0.2, 0.25) is 0 Å². The van der Waals surface area contributed by atoms with Crippen LogP contribution in [0.4, 0.5) is 4.39 Å². The lowest BCUT2D eigenvalue weighted by Gasteiger charge is -2.44. The van der Waals surface area contributed by atoms with Crippen molar-refractivity contribution in [2.24, 2.45) is 0 Å². The van der Waals surface area contributed by atoms with Gasteiger partial charge in [0, 0.05) is 5.56 Å². The summed E-state index contributed by atoms with van der Waals surface area (Å²) in [4.78, 5) is 11.1. The third-order valence-electron chi connectivity index (χ3n) is 8.08. The van der Waals surface area contributed by atoms with E-state index in [0.717, 1.165) is 30.4 Å². The molecular weight excluding hydrogens is 475 g/mol. The first kappa shape index (κ1) is 27.6. The van der Waals surface area contributed by atoms with E-state index in [1.54, 1.807) is 12.1 Å². The maximum absolute atomic E-state index is 13.6. The van der Waals surface area contributed by atoms with Crippen molar-refractivity contribution < 1.29 is 19.4 Å². The molecule has 3 aromatic carbocycles. The van der Waals surface area contributed by atoms with E-state index >= 15 is 0 Å². The number of rotatable bonds is 5. The van der Waals surface area contributed by atoms with Gasteiger partial charge in [0.1, 0.15) is 11.9 Å². The molecule has 0 aromatic heterocycles. The van der Waals surface area contributed by atoms with E-state index in [0.29, 0.717) is 5.56 Å². The van der Waals surface area contributed by atoms with Gasteiger partial charge in [0.05, 0.1) is 5.56 Å². The quantitative estimate of drug-likeness (QED) is 0.349. The fourth-order valence-electron chi connectivity index (χ4n) is 5.65. The Morgan fingerprint density at radius 2 is 1.58 bits per heavy atom. The van der Waals surface area contributed by atoms with E-state index in [4.69, 9.17) is 5.11 Å². The molecule has 1 unspecified atom stereocenters. The van der Waals surface area contributed by atoms with Crippen LogP contribution in [0, 0.1) is 17.7 Å². The molecule has 0 saturated heterocycles. The van der Waals surface area contributed by atoms with Crippen LogP contribution in [0.15, 0.2) is 60.7 Å². The van der Waals surface area contributed by atoms with Crippen molar-refractivity contribution in [3.63, 3.8) is 0 Å². The number of hydrogen-bond donors (Lipinski definition) is 2. The number of carboxylic acid groups (broad SMARTS) is 1. The van der Waals surface area contributed by atoms with E-state index in [9.17, 15) is 14.3 Å². The Hall–Kier alpha value is -3.42. The molecule has 0 amide bonds. The summed E-state index contributed by atoms with van der Waals surface area (Å²) in [6, 6.07) is 17.3. The predicted molar refractivity (Wildman–Crippen MR) is 150 cm³/mol. The molecule has 2 N–H and O–H groups in total. The van der Waals surface area contributed by atoms with Gasteiger partial charge in [-0.05, 0) is 99.7 Å². The van der Waals surface area contributed by atoms with E-state index in [-0.39, 0.29) is 27.6 Å². The molecule has 1 aliphatic carbocycles. The van der Waals surface area contributed by atoms with Crippen molar-refractivity contribution in [1.82, 2.24) is 0 Å². The maximum atomic E-state index is 13.6. The SMILES string of the molecule is CC(C)(Cc1cc(C(O)C#Cc2ccc(C(=O)O)cc2)cc2c1C(C)(C)CCC2(C)C)c1ccc(F)cc1. The zero-order valence-electron chi connectivity index (χ0n) is 23.2. The van der Waals surface area contributed by atoms with Crippen molar-refractivity contribution in [2.45, 2.75) is 83.2 Å². The summed E-state index contributed by atoms with van der Waals surface area (Å²) in [5, 5.41) is 20.3. The topological polar surface area (TPSA) is 57.5 Å². The van der Waals surface area contributed by atoms with Crippen molar-refractivity contribution in [3.05, 3.63) is 105 Å². The predicted octanol–water partition coefficient (Wildman–Crippen LogP) is 7.48. The molecule has 1 aliphatic rings. The number of aromatic carboxylic acids is 1. The van der Waals surface area contributed by atoms with E-state index in [1.807, 2.05) is 12.1 Å². The Balaban J connectivity index is 1.78. The first-order valence-corrected chi connectivity index (χ1v) is 13.2. The Bertz CT molecular complexity index is 1400. The third kappa shape index (κ3) is 5.69. The summed E-state index contributed by atoms with van der Waals surface area (Å²) in [5.74, 6) is 4.73. The monoisotopic (exact) mass is 512 g/mol. The summed E-state index contributed by atoms with van der Waals surface area (Å²) in [7, 11) is 0. The van der Waals surface area contributed by atoms with E-state index < -0.39 is 12.1 Å². The van der Waals surface area contributed by atoms with E-state index in [1.165, 1.54) is 41.0 Å². The number of carbonyl (C=O) groups is 1. The second-order valence-corrected chi connectivity index (χ2v) is 12.5. The lowest BCUT2D eigenvalue weighted by Crippen LogP contribution is -2.36. The fraction of sp³-hybridized carbons (Fsp3) is 0.382. The smallest absolute Gasteiger partial charge is 0.335 e. The summed E-state index contributed by atoms with van der Waals surface area (Å²) < 4.78 is 13.6. The van der Waals surface area contributed by atoms with Crippen LogP contribution >= 0.6 is 0 Å². The molecule has 0 fully saturated rings. The fourth-order valence-corrected chi connectivity index (χ4v) is 5.65. The average Bonchev–Trinajstić information content (AvgIpc) is 2.85. The van der Waals surface area contributed by atoms with Crippen molar-refractivity contribution in [1.29, 1.82) is 0 Å². The first-order chi connectivity index (χ1) is 17.7. The summed E-state index contributed by atoms with van der Waals surface area (Å²) in [6.45, 7) is 13.5. The number of fused-ring (bicyclic) bond motifs is 1. The molecule has 0 radical (unpaired) electrons. The molecule has 4 heteroatoms. The number of carboxylic acids is 1. The summed E-state index contributed by atoms with van der Waals surface area (Å²) in [5.41, 5.74) is 6.15. The highest BCUT2D eigenvalue weighted by Gasteiger charge is 2.40. The molecule has 1 atom stereocenters. The minimum atomic E-state index is -0.993. The van der Waals surface area contributed by atoms with Gasteiger partial charge in [-0.25, -0.2) is 9.18 Å². The summed E-state index contributed by atoms with van der Waals surface area (Å²) >= 11 is 0. The van der Waals surface area contributed by atoms with Crippen LogP contribution in [0.1, 0.15) is 104 Å². The van der Waals surface area contributed by atoms with Crippen LogP contribution in [-0.4, -0.2) is 16.2 Å². The zero-order chi connectivity index (χ0) is 27.9. The molecule has 0 bridgehead atoms. The standard InChI is InChI=1S/C34H37FO3/c1-32(2)17-18-33(3,4)30-25(21-34(5,6)26-12-14-27(35)15-13-26)19-24(20-28(30)32)29(36)16-9-22-7-10-23(11-8-22)31(37)38/h7-8,10-15,19-20,29,36H,17-18,21H2,1-6H3,(H,37,38). The van der Waals surface area contributed by atoms with Gasteiger partial charge in [0.25, 0.3) is 0 Å². The van der Waals surface area contributed by atoms with Crippen molar-refractivity contribution in [3.8, 4) is 11.8 Å². The Labute approximate surface area is 225 Å².